The van der Waals surface area contributed by atoms with Crippen LogP contribution in [0.15, 0.2) is 48.5 Å². The fourth-order valence-corrected chi connectivity index (χ4v) is 3.64. The van der Waals surface area contributed by atoms with E-state index >= 15 is 0 Å². The molecule has 0 saturated carbocycles. The largest absolute Gasteiger partial charge is 0.493 e. The number of hydrogen-bond donors (Lipinski definition) is 1. The summed E-state index contributed by atoms with van der Waals surface area (Å²) in [6.45, 7) is 2.18. The molecule has 0 radical (unpaired) electrons. The van der Waals surface area contributed by atoms with Gasteiger partial charge in [0.2, 0.25) is 5.91 Å². The molecule has 0 unspecified atom stereocenters. The smallest absolute Gasteiger partial charge is 0.416 e. The summed E-state index contributed by atoms with van der Waals surface area (Å²) in [5.41, 5.74) is 0.0209. The van der Waals surface area contributed by atoms with Gasteiger partial charge < -0.3 is 10.1 Å². The van der Waals surface area contributed by atoms with Crippen LogP contribution in [0.2, 0.25) is 5.02 Å². The van der Waals surface area contributed by atoms with Crippen LogP contribution in [0.3, 0.4) is 0 Å². The van der Waals surface area contributed by atoms with Crippen molar-refractivity contribution in [2.45, 2.75) is 38.0 Å². The maximum Gasteiger partial charge on any atom is 0.416 e. The first kappa shape index (κ1) is 22.4. The van der Waals surface area contributed by atoms with Crippen LogP contribution >= 0.6 is 11.6 Å². The summed E-state index contributed by atoms with van der Waals surface area (Å²) in [6, 6.07) is 12.5. The fraction of sp³-hybridized carbons (Fsp3) is 0.409. The lowest BCUT2D eigenvalue weighted by Crippen LogP contribution is -2.44. The SMILES string of the molecule is O=C(CCOc1cccc(Cl)c1)NC1CCN(Cc2cccc(C(F)(F)F)c2)CC1. The third kappa shape index (κ3) is 6.92. The highest BCUT2D eigenvalue weighted by Gasteiger charge is 2.30. The predicted octanol–water partition coefficient (Wildman–Crippen LogP) is 4.91. The van der Waals surface area contributed by atoms with Crippen molar-refractivity contribution < 1.29 is 22.7 Å². The molecule has 2 aromatic carbocycles. The van der Waals surface area contributed by atoms with Gasteiger partial charge in [-0.05, 0) is 42.7 Å². The fourth-order valence-electron chi connectivity index (χ4n) is 3.46. The van der Waals surface area contributed by atoms with Crippen LogP contribution in [0.25, 0.3) is 0 Å². The van der Waals surface area contributed by atoms with Gasteiger partial charge in [-0.2, -0.15) is 13.2 Å². The Balaban J connectivity index is 1.37. The van der Waals surface area contributed by atoms with E-state index in [1.54, 1.807) is 30.3 Å². The minimum Gasteiger partial charge on any atom is -0.493 e. The molecular weight excluding hydrogens is 417 g/mol. The summed E-state index contributed by atoms with van der Waals surface area (Å²) in [5, 5.41) is 3.59. The molecule has 0 aliphatic carbocycles. The summed E-state index contributed by atoms with van der Waals surface area (Å²) in [6.07, 6.45) is -2.56. The first-order chi connectivity index (χ1) is 14.3. The molecule has 1 heterocycles. The molecule has 8 heteroatoms. The monoisotopic (exact) mass is 440 g/mol. The van der Waals surface area contributed by atoms with Crippen LogP contribution in [0.1, 0.15) is 30.4 Å². The molecule has 162 valence electrons. The summed E-state index contributed by atoms with van der Waals surface area (Å²) in [4.78, 5) is 14.2. The molecule has 1 N–H and O–H groups in total. The number of nitrogens with one attached hydrogen (secondary N) is 1. The highest BCUT2D eigenvalue weighted by atomic mass is 35.5. The Morgan fingerprint density at radius 3 is 2.57 bits per heavy atom. The normalized spacial score (nSPS) is 15.7. The number of hydrogen-bond acceptors (Lipinski definition) is 3. The van der Waals surface area contributed by atoms with Gasteiger partial charge in [0.15, 0.2) is 0 Å². The minimum atomic E-state index is -4.33. The van der Waals surface area contributed by atoms with Gasteiger partial charge in [-0.25, -0.2) is 0 Å². The van der Waals surface area contributed by atoms with Gasteiger partial charge in [-0.1, -0.05) is 35.9 Å². The van der Waals surface area contributed by atoms with Crippen LogP contribution in [0.4, 0.5) is 13.2 Å². The zero-order chi connectivity index (χ0) is 21.6. The second kappa shape index (κ2) is 10.2. The molecule has 4 nitrogen and oxygen atoms in total. The number of piperidine rings is 1. The number of carbonyl (C=O) groups is 1. The van der Waals surface area contributed by atoms with Crippen LogP contribution < -0.4 is 10.1 Å². The number of rotatable bonds is 7. The third-order valence-corrected chi connectivity index (χ3v) is 5.24. The van der Waals surface area contributed by atoms with Crippen molar-refractivity contribution >= 4 is 17.5 Å². The molecule has 0 atom stereocenters. The summed E-state index contributed by atoms with van der Waals surface area (Å²) in [7, 11) is 0. The first-order valence-electron chi connectivity index (χ1n) is 9.86. The number of alkyl halides is 3. The van der Waals surface area contributed by atoms with E-state index in [0.29, 0.717) is 22.9 Å². The lowest BCUT2D eigenvalue weighted by molar-refractivity contribution is -0.137. The molecule has 0 spiro atoms. The molecule has 2 aromatic rings. The lowest BCUT2D eigenvalue weighted by Gasteiger charge is -2.32. The Bertz CT molecular complexity index is 852. The quantitative estimate of drug-likeness (QED) is 0.665. The summed E-state index contributed by atoms with van der Waals surface area (Å²) < 4.78 is 44.1. The van der Waals surface area contributed by atoms with Crippen molar-refractivity contribution in [3.63, 3.8) is 0 Å². The Kier molecular flexibility index (Phi) is 7.61. The van der Waals surface area contributed by atoms with Crippen LogP contribution in [-0.4, -0.2) is 36.5 Å². The van der Waals surface area contributed by atoms with Crippen molar-refractivity contribution in [2.75, 3.05) is 19.7 Å². The first-order valence-corrected chi connectivity index (χ1v) is 10.2. The molecule has 1 fully saturated rings. The van der Waals surface area contributed by atoms with E-state index in [0.717, 1.165) is 32.0 Å². The minimum absolute atomic E-state index is 0.0708. The molecule has 1 aliphatic heterocycles. The number of carbonyl (C=O) groups excluding carboxylic acids is 1. The van der Waals surface area contributed by atoms with Gasteiger partial charge in [0.25, 0.3) is 0 Å². The Morgan fingerprint density at radius 2 is 1.87 bits per heavy atom. The lowest BCUT2D eigenvalue weighted by atomic mass is 10.0. The molecule has 30 heavy (non-hydrogen) atoms. The van der Waals surface area contributed by atoms with Gasteiger partial charge in [-0.15, -0.1) is 0 Å². The number of ether oxygens (including phenoxy) is 1. The molecule has 1 saturated heterocycles. The molecule has 1 aliphatic rings. The second-order valence-corrected chi connectivity index (χ2v) is 7.81. The predicted molar refractivity (Wildman–Crippen MR) is 109 cm³/mol. The van der Waals surface area contributed by atoms with Crippen molar-refractivity contribution in [3.8, 4) is 5.75 Å². The van der Waals surface area contributed by atoms with Crippen molar-refractivity contribution in [1.82, 2.24) is 10.2 Å². The van der Waals surface area contributed by atoms with E-state index in [1.165, 1.54) is 12.1 Å². The van der Waals surface area contributed by atoms with Gasteiger partial charge >= 0.3 is 6.18 Å². The third-order valence-electron chi connectivity index (χ3n) is 5.01. The van der Waals surface area contributed by atoms with E-state index in [-0.39, 0.29) is 25.0 Å². The number of halogens is 4. The van der Waals surface area contributed by atoms with E-state index < -0.39 is 11.7 Å². The van der Waals surface area contributed by atoms with Crippen LogP contribution in [-0.2, 0) is 17.5 Å². The average Bonchev–Trinajstić information content (AvgIpc) is 2.69. The van der Waals surface area contributed by atoms with E-state index in [4.69, 9.17) is 16.3 Å². The summed E-state index contributed by atoms with van der Waals surface area (Å²) in [5.74, 6) is 0.548. The van der Waals surface area contributed by atoms with E-state index in [9.17, 15) is 18.0 Å². The summed E-state index contributed by atoms with van der Waals surface area (Å²) >= 11 is 5.89. The zero-order valence-electron chi connectivity index (χ0n) is 16.4. The Labute approximate surface area is 179 Å². The van der Waals surface area contributed by atoms with Gasteiger partial charge in [0.05, 0.1) is 18.6 Å². The van der Waals surface area contributed by atoms with E-state index in [2.05, 4.69) is 10.2 Å². The number of benzene rings is 2. The van der Waals surface area contributed by atoms with Gasteiger partial charge in [0, 0.05) is 30.7 Å². The van der Waals surface area contributed by atoms with Gasteiger partial charge in [-0.3, -0.25) is 9.69 Å². The molecule has 1 amide bonds. The topological polar surface area (TPSA) is 41.6 Å². The molecule has 3 rings (SSSR count). The number of likely N-dealkylation sites (tertiary alicyclic amines) is 1. The molecule has 0 aromatic heterocycles. The number of amides is 1. The van der Waals surface area contributed by atoms with Crippen molar-refractivity contribution in [3.05, 3.63) is 64.7 Å². The van der Waals surface area contributed by atoms with Crippen LogP contribution in [0, 0.1) is 0 Å². The maximum atomic E-state index is 12.9. The Hall–Kier alpha value is -2.25. The van der Waals surface area contributed by atoms with Crippen LogP contribution in [0.5, 0.6) is 5.75 Å². The highest BCUT2D eigenvalue weighted by Crippen LogP contribution is 2.30. The molecule has 0 bridgehead atoms. The number of nitrogens with zero attached hydrogens (tertiary/aromatic N) is 1. The second-order valence-electron chi connectivity index (χ2n) is 7.37. The van der Waals surface area contributed by atoms with E-state index in [1.807, 2.05) is 0 Å². The van der Waals surface area contributed by atoms with Gasteiger partial charge in [0.1, 0.15) is 5.75 Å². The maximum absolute atomic E-state index is 12.9. The van der Waals surface area contributed by atoms with Crippen molar-refractivity contribution in [1.29, 1.82) is 0 Å². The van der Waals surface area contributed by atoms with Crippen molar-refractivity contribution in [2.24, 2.45) is 0 Å². The average molecular weight is 441 g/mol. The Morgan fingerprint density at radius 1 is 1.13 bits per heavy atom. The highest BCUT2D eigenvalue weighted by molar-refractivity contribution is 6.30. The standard InChI is InChI=1S/C22H24ClF3N2O2/c23-18-5-2-6-20(14-18)30-12-9-21(29)27-19-7-10-28(11-8-19)15-16-3-1-4-17(13-16)22(24,25)26/h1-6,13-14,19H,7-12,15H2,(H,27,29). The molecular formula is C22H24ClF3N2O2. The zero-order valence-corrected chi connectivity index (χ0v) is 17.2.